The van der Waals surface area contributed by atoms with Gasteiger partial charge < -0.3 is 4.57 Å². The molecule has 0 saturated carbocycles. The van der Waals surface area contributed by atoms with Crippen LogP contribution >= 0.6 is 0 Å². The average Bonchev–Trinajstić information content (AvgIpc) is 2.42. The van der Waals surface area contributed by atoms with Crippen LogP contribution in [0.3, 0.4) is 0 Å². The molecule has 2 rings (SSSR count). The van der Waals surface area contributed by atoms with Crippen LogP contribution < -0.4 is 5.56 Å². The molecule has 0 aliphatic heterocycles. The van der Waals surface area contributed by atoms with Crippen molar-refractivity contribution in [3.05, 3.63) is 69.1 Å². The zero-order valence-corrected chi connectivity index (χ0v) is 13.9. The second kappa shape index (κ2) is 5.91. The highest BCUT2D eigenvalue weighted by molar-refractivity contribution is 5.93. The van der Waals surface area contributed by atoms with Gasteiger partial charge in [0, 0.05) is 5.69 Å². The Labute approximate surface area is 131 Å². The van der Waals surface area contributed by atoms with E-state index in [0.717, 1.165) is 11.3 Å². The van der Waals surface area contributed by atoms with E-state index < -0.39 is 0 Å². The van der Waals surface area contributed by atoms with Gasteiger partial charge in [-0.1, -0.05) is 45.0 Å². The number of pyridine rings is 1. The Hall–Kier alpha value is -2.16. The van der Waals surface area contributed by atoms with Gasteiger partial charge in [-0.2, -0.15) is 0 Å². The van der Waals surface area contributed by atoms with Gasteiger partial charge in [0.1, 0.15) is 0 Å². The lowest BCUT2D eigenvalue weighted by Crippen LogP contribution is -2.27. The third-order valence-electron chi connectivity index (χ3n) is 3.93. The number of Topliss-reactive ketones (excluding diaryl/α,β-unsaturated/α-hetero) is 1. The minimum absolute atomic E-state index is 0.111. The number of aromatic nitrogens is 1. The molecule has 1 aromatic carbocycles. The van der Waals surface area contributed by atoms with Gasteiger partial charge in [-0.05, 0) is 42.5 Å². The standard InChI is InChI=1S/C19H23NO2/c1-13-6-11-17(14(2)21)18(22)20(13)12-15-7-9-16(10-8-15)19(3,4)5/h6-11H,12H2,1-5H3. The summed E-state index contributed by atoms with van der Waals surface area (Å²) in [4.78, 5) is 23.9. The van der Waals surface area contributed by atoms with Gasteiger partial charge in [-0.15, -0.1) is 0 Å². The molecule has 0 N–H and O–H groups in total. The monoisotopic (exact) mass is 297 g/mol. The third-order valence-corrected chi connectivity index (χ3v) is 3.93. The molecule has 22 heavy (non-hydrogen) atoms. The van der Waals surface area contributed by atoms with E-state index in [-0.39, 0.29) is 22.3 Å². The molecule has 0 aliphatic carbocycles. The van der Waals surface area contributed by atoms with Crippen LogP contribution in [0, 0.1) is 6.92 Å². The number of nitrogens with zero attached hydrogens (tertiary/aromatic N) is 1. The van der Waals surface area contributed by atoms with Gasteiger partial charge in [0.2, 0.25) is 0 Å². The number of carbonyl (C=O) groups excluding carboxylic acids is 1. The quantitative estimate of drug-likeness (QED) is 0.810. The lowest BCUT2D eigenvalue weighted by Gasteiger charge is -2.19. The Morgan fingerprint density at radius 3 is 2.14 bits per heavy atom. The van der Waals surface area contributed by atoms with Crippen LogP contribution in [0.4, 0.5) is 0 Å². The van der Waals surface area contributed by atoms with Crippen LogP contribution in [0.15, 0.2) is 41.2 Å². The number of hydrogen-bond acceptors (Lipinski definition) is 2. The fraction of sp³-hybridized carbons (Fsp3) is 0.368. The van der Waals surface area contributed by atoms with E-state index in [1.54, 1.807) is 10.6 Å². The van der Waals surface area contributed by atoms with Crippen LogP contribution in [0.25, 0.3) is 0 Å². The maximum absolute atomic E-state index is 12.4. The number of ketones is 1. The summed E-state index contributed by atoms with van der Waals surface area (Å²) in [5, 5.41) is 0. The topological polar surface area (TPSA) is 39.1 Å². The van der Waals surface area contributed by atoms with Crippen molar-refractivity contribution in [1.82, 2.24) is 4.57 Å². The van der Waals surface area contributed by atoms with Gasteiger partial charge in [-0.25, -0.2) is 0 Å². The van der Waals surface area contributed by atoms with E-state index in [1.807, 2.05) is 25.1 Å². The highest BCUT2D eigenvalue weighted by Gasteiger charge is 2.14. The molecule has 0 fully saturated rings. The summed E-state index contributed by atoms with van der Waals surface area (Å²) in [6.45, 7) is 10.3. The molecule has 1 heterocycles. The summed E-state index contributed by atoms with van der Waals surface area (Å²) in [6, 6.07) is 11.7. The molecule has 0 radical (unpaired) electrons. The molecule has 3 heteroatoms. The highest BCUT2D eigenvalue weighted by atomic mass is 16.1. The van der Waals surface area contributed by atoms with Crippen molar-refractivity contribution in [2.24, 2.45) is 0 Å². The van der Waals surface area contributed by atoms with Gasteiger partial charge in [0.05, 0.1) is 12.1 Å². The van der Waals surface area contributed by atoms with Crippen molar-refractivity contribution >= 4 is 5.78 Å². The Bertz CT molecular complexity index is 746. The Balaban J connectivity index is 2.37. The van der Waals surface area contributed by atoms with Crippen LogP contribution in [0.5, 0.6) is 0 Å². The third kappa shape index (κ3) is 3.35. The van der Waals surface area contributed by atoms with Crippen LogP contribution in [-0.4, -0.2) is 10.4 Å². The number of hydrogen-bond donors (Lipinski definition) is 0. The number of rotatable bonds is 3. The fourth-order valence-electron chi connectivity index (χ4n) is 2.43. The van der Waals surface area contributed by atoms with Crippen molar-refractivity contribution in [1.29, 1.82) is 0 Å². The molecule has 0 aliphatic rings. The van der Waals surface area contributed by atoms with Gasteiger partial charge in [0.25, 0.3) is 5.56 Å². The summed E-state index contributed by atoms with van der Waals surface area (Å²) in [5.74, 6) is -0.193. The predicted molar refractivity (Wildman–Crippen MR) is 89.7 cm³/mol. The molecule has 0 spiro atoms. The molecule has 116 valence electrons. The summed E-state index contributed by atoms with van der Waals surface area (Å²) in [6.07, 6.45) is 0. The second-order valence-electron chi connectivity index (χ2n) is 6.78. The van der Waals surface area contributed by atoms with Gasteiger partial charge >= 0.3 is 0 Å². The summed E-state index contributed by atoms with van der Waals surface area (Å²) in [7, 11) is 0. The maximum atomic E-state index is 12.4. The zero-order chi connectivity index (χ0) is 16.5. The van der Waals surface area contributed by atoms with Crippen LogP contribution in [0.1, 0.15) is 54.9 Å². The van der Waals surface area contributed by atoms with E-state index in [9.17, 15) is 9.59 Å². The van der Waals surface area contributed by atoms with E-state index in [0.29, 0.717) is 6.54 Å². The van der Waals surface area contributed by atoms with Gasteiger partial charge in [0.15, 0.2) is 5.78 Å². The first-order valence-corrected chi connectivity index (χ1v) is 7.51. The Kier molecular flexibility index (Phi) is 4.36. The van der Waals surface area contributed by atoms with Crippen LogP contribution in [-0.2, 0) is 12.0 Å². The lowest BCUT2D eigenvalue weighted by molar-refractivity contribution is 0.101. The molecule has 0 saturated heterocycles. The highest BCUT2D eigenvalue weighted by Crippen LogP contribution is 2.22. The summed E-state index contributed by atoms with van der Waals surface area (Å²) in [5.41, 5.74) is 3.32. The molecular weight excluding hydrogens is 274 g/mol. The minimum Gasteiger partial charge on any atom is -0.308 e. The van der Waals surface area contributed by atoms with E-state index >= 15 is 0 Å². The van der Waals surface area contributed by atoms with Crippen LogP contribution in [0.2, 0.25) is 0 Å². The summed E-state index contributed by atoms with van der Waals surface area (Å²) < 4.78 is 1.66. The first-order valence-electron chi connectivity index (χ1n) is 7.51. The number of carbonyl (C=O) groups is 1. The second-order valence-corrected chi connectivity index (χ2v) is 6.78. The summed E-state index contributed by atoms with van der Waals surface area (Å²) >= 11 is 0. The molecule has 0 atom stereocenters. The number of benzene rings is 1. The van der Waals surface area contributed by atoms with E-state index in [4.69, 9.17) is 0 Å². The first-order chi connectivity index (χ1) is 10.2. The van der Waals surface area contributed by atoms with Crippen molar-refractivity contribution in [3.8, 4) is 0 Å². The molecule has 0 amide bonds. The fourth-order valence-corrected chi connectivity index (χ4v) is 2.43. The molecule has 0 unspecified atom stereocenters. The molecule has 1 aromatic heterocycles. The Morgan fingerprint density at radius 2 is 1.64 bits per heavy atom. The SMILES string of the molecule is CC(=O)c1ccc(C)n(Cc2ccc(C(C)(C)C)cc2)c1=O. The van der Waals surface area contributed by atoms with Crippen molar-refractivity contribution in [2.45, 2.75) is 46.6 Å². The molecular formula is C19H23NO2. The minimum atomic E-state index is -0.215. The zero-order valence-electron chi connectivity index (χ0n) is 13.9. The average molecular weight is 297 g/mol. The predicted octanol–water partition coefficient (Wildman–Crippen LogP) is 3.71. The molecule has 3 nitrogen and oxygen atoms in total. The first kappa shape index (κ1) is 16.2. The van der Waals surface area contributed by atoms with Crippen molar-refractivity contribution < 1.29 is 4.79 Å². The van der Waals surface area contributed by atoms with Gasteiger partial charge in [-0.3, -0.25) is 9.59 Å². The Morgan fingerprint density at radius 1 is 1.05 bits per heavy atom. The van der Waals surface area contributed by atoms with Crippen molar-refractivity contribution in [2.75, 3.05) is 0 Å². The normalized spacial score (nSPS) is 11.5. The van der Waals surface area contributed by atoms with E-state index in [2.05, 4.69) is 32.9 Å². The smallest absolute Gasteiger partial charge is 0.261 e. The molecule has 2 aromatic rings. The lowest BCUT2D eigenvalue weighted by atomic mass is 9.87. The number of aryl methyl sites for hydroxylation is 1. The largest absolute Gasteiger partial charge is 0.308 e. The maximum Gasteiger partial charge on any atom is 0.261 e. The van der Waals surface area contributed by atoms with E-state index in [1.165, 1.54) is 12.5 Å². The molecule has 0 bridgehead atoms. The van der Waals surface area contributed by atoms with Crippen molar-refractivity contribution in [3.63, 3.8) is 0 Å².